The van der Waals surface area contributed by atoms with Crippen LogP contribution in [0, 0.1) is 0 Å². The van der Waals surface area contributed by atoms with E-state index in [1.807, 2.05) is 47.3 Å². The minimum Gasteiger partial charge on any atom is -0.307 e. The van der Waals surface area contributed by atoms with Crippen molar-refractivity contribution in [3.8, 4) is 5.69 Å². The molecule has 0 radical (unpaired) electrons. The van der Waals surface area contributed by atoms with Gasteiger partial charge in [0, 0.05) is 24.0 Å². The van der Waals surface area contributed by atoms with Crippen LogP contribution in [0.2, 0.25) is 0 Å². The number of amides is 1. The third-order valence-electron chi connectivity index (χ3n) is 4.48. The number of anilines is 1. The van der Waals surface area contributed by atoms with E-state index in [2.05, 4.69) is 15.5 Å². The average Bonchev–Trinajstić information content (AvgIpc) is 3.36. The van der Waals surface area contributed by atoms with Crippen LogP contribution in [-0.2, 0) is 0 Å². The Hall–Kier alpha value is -2.89. The molecule has 3 aromatic rings. The lowest BCUT2D eigenvalue weighted by molar-refractivity contribution is 0.102. The van der Waals surface area contributed by atoms with Gasteiger partial charge in [-0.2, -0.15) is 10.2 Å². The van der Waals surface area contributed by atoms with E-state index in [0.717, 1.165) is 24.3 Å². The summed E-state index contributed by atoms with van der Waals surface area (Å²) in [5.41, 5.74) is 1.54. The number of benzene rings is 1. The Balaban J connectivity index is 1.49. The van der Waals surface area contributed by atoms with Gasteiger partial charge in [0.2, 0.25) is 0 Å². The van der Waals surface area contributed by atoms with Crippen molar-refractivity contribution in [3.05, 3.63) is 60.6 Å². The summed E-state index contributed by atoms with van der Waals surface area (Å²) >= 11 is 0. The van der Waals surface area contributed by atoms with E-state index in [1.54, 1.807) is 17.1 Å². The summed E-state index contributed by atoms with van der Waals surface area (Å²) in [6, 6.07) is 11.5. The summed E-state index contributed by atoms with van der Waals surface area (Å²) in [6.07, 6.45) is 10.1. The first-order valence-corrected chi connectivity index (χ1v) is 8.26. The van der Waals surface area contributed by atoms with Gasteiger partial charge in [0.15, 0.2) is 0 Å². The van der Waals surface area contributed by atoms with E-state index in [0.29, 0.717) is 11.6 Å². The van der Waals surface area contributed by atoms with E-state index >= 15 is 0 Å². The monoisotopic (exact) mass is 321 g/mol. The van der Waals surface area contributed by atoms with Crippen LogP contribution in [0.5, 0.6) is 0 Å². The molecule has 1 fully saturated rings. The fourth-order valence-corrected chi connectivity index (χ4v) is 3.23. The SMILES string of the molecule is O=C(Nc1ccnn1C1CCCC1)c1ccc(-n2cccn2)cc1. The fourth-order valence-electron chi connectivity index (χ4n) is 3.23. The molecule has 0 unspecified atom stereocenters. The van der Waals surface area contributed by atoms with Crippen molar-refractivity contribution in [2.75, 3.05) is 5.32 Å². The number of hydrogen-bond donors (Lipinski definition) is 1. The van der Waals surface area contributed by atoms with Crippen LogP contribution in [0.4, 0.5) is 5.82 Å². The molecule has 0 bridgehead atoms. The molecule has 1 aromatic carbocycles. The first-order valence-electron chi connectivity index (χ1n) is 8.26. The summed E-state index contributed by atoms with van der Waals surface area (Å²) in [6.45, 7) is 0. The maximum absolute atomic E-state index is 12.5. The summed E-state index contributed by atoms with van der Waals surface area (Å²) < 4.78 is 3.71. The minimum atomic E-state index is -0.123. The average molecular weight is 321 g/mol. The van der Waals surface area contributed by atoms with E-state index in [1.165, 1.54) is 12.8 Å². The molecule has 24 heavy (non-hydrogen) atoms. The van der Waals surface area contributed by atoms with Crippen LogP contribution in [-0.4, -0.2) is 25.5 Å². The maximum Gasteiger partial charge on any atom is 0.256 e. The molecule has 0 atom stereocenters. The zero-order chi connectivity index (χ0) is 16.4. The molecule has 6 nitrogen and oxygen atoms in total. The quantitative estimate of drug-likeness (QED) is 0.800. The number of rotatable bonds is 4. The van der Waals surface area contributed by atoms with E-state index in [-0.39, 0.29) is 5.91 Å². The van der Waals surface area contributed by atoms with Crippen LogP contribution < -0.4 is 5.32 Å². The van der Waals surface area contributed by atoms with Gasteiger partial charge in [-0.25, -0.2) is 9.36 Å². The highest BCUT2D eigenvalue weighted by Crippen LogP contribution is 2.31. The summed E-state index contributed by atoms with van der Waals surface area (Å²) in [5, 5.41) is 11.5. The first kappa shape index (κ1) is 14.7. The fraction of sp³-hybridized carbons (Fsp3) is 0.278. The number of aromatic nitrogens is 4. The molecular weight excluding hydrogens is 302 g/mol. The molecule has 0 saturated heterocycles. The molecule has 6 heteroatoms. The molecule has 0 aliphatic heterocycles. The highest BCUT2D eigenvalue weighted by atomic mass is 16.1. The third kappa shape index (κ3) is 2.82. The van der Waals surface area contributed by atoms with E-state index in [9.17, 15) is 4.79 Å². The molecule has 2 heterocycles. The lowest BCUT2D eigenvalue weighted by Crippen LogP contribution is -2.17. The molecule has 1 aliphatic carbocycles. The number of nitrogens with zero attached hydrogens (tertiary/aromatic N) is 4. The smallest absolute Gasteiger partial charge is 0.256 e. The molecule has 0 spiro atoms. The predicted octanol–water partition coefficient (Wildman–Crippen LogP) is 3.44. The van der Waals surface area contributed by atoms with Gasteiger partial charge in [-0.3, -0.25) is 4.79 Å². The summed E-state index contributed by atoms with van der Waals surface area (Å²) in [4.78, 5) is 12.5. The second-order valence-corrected chi connectivity index (χ2v) is 6.05. The largest absolute Gasteiger partial charge is 0.307 e. The van der Waals surface area contributed by atoms with Gasteiger partial charge in [0.25, 0.3) is 5.91 Å². The zero-order valence-corrected chi connectivity index (χ0v) is 13.3. The normalized spacial score (nSPS) is 14.8. The first-order chi connectivity index (χ1) is 11.8. The summed E-state index contributed by atoms with van der Waals surface area (Å²) in [7, 11) is 0. The van der Waals surface area contributed by atoms with Crippen LogP contribution in [0.25, 0.3) is 5.69 Å². The van der Waals surface area contributed by atoms with Crippen molar-refractivity contribution in [2.24, 2.45) is 0 Å². The zero-order valence-electron chi connectivity index (χ0n) is 13.3. The second kappa shape index (κ2) is 6.31. The van der Waals surface area contributed by atoms with E-state index in [4.69, 9.17) is 0 Å². The minimum absolute atomic E-state index is 0.123. The van der Waals surface area contributed by atoms with Crippen molar-refractivity contribution in [1.29, 1.82) is 0 Å². The second-order valence-electron chi connectivity index (χ2n) is 6.05. The Morgan fingerprint density at radius 2 is 1.83 bits per heavy atom. The van der Waals surface area contributed by atoms with Gasteiger partial charge >= 0.3 is 0 Å². The van der Waals surface area contributed by atoms with Gasteiger partial charge in [-0.15, -0.1) is 0 Å². The van der Waals surface area contributed by atoms with Crippen LogP contribution in [0.3, 0.4) is 0 Å². The Bertz CT molecular complexity index is 813. The Morgan fingerprint density at radius 1 is 1.04 bits per heavy atom. The van der Waals surface area contributed by atoms with Gasteiger partial charge < -0.3 is 5.32 Å². The lowest BCUT2D eigenvalue weighted by Gasteiger charge is -2.14. The van der Waals surface area contributed by atoms with Crippen LogP contribution in [0.15, 0.2) is 55.0 Å². The maximum atomic E-state index is 12.5. The van der Waals surface area contributed by atoms with Crippen molar-refractivity contribution in [1.82, 2.24) is 19.6 Å². The highest BCUT2D eigenvalue weighted by Gasteiger charge is 2.20. The molecule has 4 rings (SSSR count). The molecule has 122 valence electrons. The number of carbonyl (C=O) groups excluding carboxylic acids is 1. The molecular formula is C18H19N5O. The standard InChI is InChI=1S/C18H19N5O/c24-18(14-6-8-15(9-7-14)22-13-3-11-19-22)21-17-10-12-20-23(17)16-4-1-2-5-16/h3,6-13,16H,1-2,4-5H2,(H,21,24). The van der Waals surface area contributed by atoms with Crippen molar-refractivity contribution >= 4 is 11.7 Å². The Labute approximate surface area is 140 Å². The molecule has 1 N–H and O–H groups in total. The number of carbonyl (C=O) groups is 1. The van der Waals surface area contributed by atoms with Gasteiger partial charge in [0.05, 0.1) is 17.9 Å². The van der Waals surface area contributed by atoms with Gasteiger partial charge in [0.1, 0.15) is 5.82 Å². The number of hydrogen-bond acceptors (Lipinski definition) is 3. The van der Waals surface area contributed by atoms with Gasteiger partial charge in [-0.05, 0) is 43.2 Å². The molecule has 1 amide bonds. The van der Waals surface area contributed by atoms with Gasteiger partial charge in [-0.1, -0.05) is 12.8 Å². The Kier molecular flexibility index (Phi) is 3.86. The topological polar surface area (TPSA) is 64.7 Å². The lowest BCUT2D eigenvalue weighted by atomic mass is 10.2. The van der Waals surface area contributed by atoms with Crippen LogP contribution in [0.1, 0.15) is 42.1 Å². The molecule has 1 saturated carbocycles. The van der Waals surface area contributed by atoms with Crippen molar-refractivity contribution in [3.63, 3.8) is 0 Å². The Morgan fingerprint density at radius 3 is 2.54 bits per heavy atom. The highest BCUT2D eigenvalue weighted by molar-refractivity contribution is 6.03. The van der Waals surface area contributed by atoms with Crippen LogP contribution >= 0.6 is 0 Å². The molecule has 1 aliphatic rings. The van der Waals surface area contributed by atoms with Crippen molar-refractivity contribution < 1.29 is 4.79 Å². The summed E-state index contributed by atoms with van der Waals surface area (Å²) in [5.74, 6) is 0.643. The predicted molar refractivity (Wildman–Crippen MR) is 91.2 cm³/mol. The number of nitrogens with one attached hydrogen (secondary N) is 1. The van der Waals surface area contributed by atoms with Crippen molar-refractivity contribution in [2.45, 2.75) is 31.7 Å². The van der Waals surface area contributed by atoms with E-state index < -0.39 is 0 Å². The third-order valence-corrected chi connectivity index (χ3v) is 4.48. The molecule has 2 aromatic heterocycles.